The van der Waals surface area contributed by atoms with E-state index in [0.29, 0.717) is 23.0 Å². The van der Waals surface area contributed by atoms with Gasteiger partial charge in [-0.2, -0.15) is 10.5 Å². The zero-order chi connectivity index (χ0) is 32.9. The van der Waals surface area contributed by atoms with Crippen molar-refractivity contribution in [2.75, 3.05) is 54.5 Å². The first-order valence-electron chi connectivity index (χ1n) is 14.0. The van der Waals surface area contributed by atoms with Gasteiger partial charge in [-0.3, -0.25) is 0 Å². The van der Waals surface area contributed by atoms with Gasteiger partial charge in [0, 0.05) is 0 Å². The molecule has 12 heteroatoms. The monoisotopic (exact) mass is 628 g/mol. The highest BCUT2D eigenvalue weighted by molar-refractivity contribution is 7.98. The van der Waals surface area contributed by atoms with Crippen LogP contribution in [0.3, 0.4) is 0 Å². The van der Waals surface area contributed by atoms with Crippen molar-refractivity contribution in [2.45, 2.75) is 55.8 Å². The lowest BCUT2D eigenvalue weighted by Gasteiger charge is -2.31. The van der Waals surface area contributed by atoms with Gasteiger partial charge in [0.15, 0.2) is 33.8 Å². The summed E-state index contributed by atoms with van der Waals surface area (Å²) in [4.78, 5) is 28.0. The number of benzene rings is 2. The van der Waals surface area contributed by atoms with Gasteiger partial charge in [-0.15, -0.1) is 11.8 Å². The Hall–Kier alpha value is -4.29. The molecule has 0 aliphatic heterocycles. The topological polar surface area (TPSA) is 146 Å². The number of thioether (sulfide) groups is 1. The van der Waals surface area contributed by atoms with Crippen LogP contribution < -0.4 is 23.7 Å². The quantitative estimate of drug-likeness (QED) is 0.164. The highest BCUT2D eigenvalue weighted by Gasteiger charge is 2.50. The minimum atomic E-state index is -1.98. The molecule has 2 rings (SSSR count). The Morgan fingerprint density at radius 1 is 0.727 bits per heavy atom. The first-order chi connectivity index (χ1) is 21.2. The van der Waals surface area contributed by atoms with Gasteiger partial charge in [0.05, 0.1) is 65.3 Å². The molecule has 0 saturated carbocycles. The molecule has 44 heavy (non-hydrogen) atoms. The lowest BCUT2D eigenvalue weighted by Crippen LogP contribution is -2.42. The minimum Gasteiger partial charge on any atom is -0.493 e. The van der Waals surface area contributed by atoms with Crippen molar-refractivity contribution in [3.63, 3.8) is 0 Å². The van der Waals surface area contributed by atoms with Crippen molar-refractivity contribution in [1.29, 1.82) is 10.5 Å². The van der Waals surface area contributed by atoms with E-state index in [9.17, 15) is 20.1 Å². The number of nitriles is 2. The van der Waals surface area contributed by atoms with E-state index in [1.54, 1.807) is 26.0 Å². The van der Waals surface area contributed by atoms with E-state index >= 15 is 0 Å². The molecule has 2 unspecified atom stereocenters. The third-order valence-electron chi connectivity index (χ3n) is 7.07. The van der Waals surface area contributed by atoms with E-state index in [1.807, 2.05) is 13.2 Å². The fourth-order valence-corrected chi connectivity index (χ4v) is 5.33. The Morgan fingerprint density at radius 2 is 1.16 bits per heavy atom. The average molecular weight is 629 g/mol. The van der Waals surface area contributed by atoms with E-state index in [0.717, 1.165) is 6.42 Å². The zero-order valence-corrected chi connectivity index (χ0v) is 27.3. The van der Waals surface area contributed by atoms with Crippen LogP contribution in [-0.4, -0.2) is 66.5 Å². The van der Waals surface area contributed by atoms with E-state index in [1.165, 1.54) is 52.3 Å². The molecule has 0 aliphatic carbocycles. The van der Waals surface area contributed by atoms with Crippen LogP contribution in [0.25, 0.3) is 0 Å². The first-order valence-corrected chi connectivity index (χ1v) is 15.3. The van der Waals surface area contributed by atoms with Gasteiger partial charge < -0.3 is 33.2 Å². The van der Waals surface area contributed by atoms with Crippen LogP contribution in [0, 0.1) is 22.7 Å². The summed E-state index contributed by atoms with van der Waals surface area (Å²) in [6.45, 7) is 5.64. The maximum absolute atomic E-state index is 13.7. The second-order valence-corrected chi connectivity index (χ2v) is 10.3. The summed E-state index contributed by atoms with van der Waals surface area (Å²) >= 11 is 1.36. The number of carbonyl (C=O) groups is 2. The predicted molar refractivity (Wildman–Crippen MR) is 164 cm³/mol. The van der Waals surface area contributed by atoms with Crippen LogP contribution in [0.4, 0.5) is 0 Å². The number of methoxy groups -OCH3 is 4. The third kappa shape index (κ3) is 7.08. The summed E-state index contributed by atoms with van der Waals surface area (Å²) in [5.41, 5.74) is -3.47. The molecular formula is C32H40N2O9S. The molecule has 2 atom stereocenters. The highest BCUT2D eigenvalue weighted by atomic mass is 32.2. The number of rotatable bonds is 17. The molecule has 0 fully saturated rings. The smallest absolute Gasteiger partial charge is 0.331 e. The molecule has 0 radical (unpaired) electrons. The fourth-order valence-electron chi connectivity index (χ4n) is 4.74. The van der Waals surface area contributed by atoms with Gasteiger partial charge in [0.1, 0.15) is 0 Å². The molecular weight excluding hydrogens is 588 g/mol. The first kappa shape index (κ1) is 35.9. The summed E-state index contributed by atoms with van der Waals surface area (Å²) in [7, 11) is 5.71. The maximum Gasteiger partial charge on any atom is 0.331 e. The van der Waals surface area contributed by atoms with Gasteiger partial charge in [-0.05, 0) is 74.8 Å². The summed E-state index contributed by atoms with van der Waals surface area (Å²) in [5, 5.41) is 21.3. The van der Waals surface area contributed by atoms with Crippen molar-refractivity contribution in [2.24, 2.45) is 0 Å². The van der Waals surface area contributed by atoms with Gasteiger partial charge in [0.25, 0.3) is 0 Å². The third-order valence-corrected chi connectivity index (χ3v) is 7.81. The Morgan fingerprint density at radius 3 is 1.50 bits per heavy atom. The number of ether oxygens (including phenoxy) is 7. The van der Waals surface area contributed by atoms with Crippen LogP contribution in [0.5, 0.6) is 28.7 Å². The molecule has 0 N–H and O–H groups in total. The molecule has 0 aromatic heterocycles. The largest absolute Gasteiger partial charge is 0.493 e. The zero-order valence-electron chi connectivity index (χ0n) is 26.5. The number of hydrogen-bond donors (Lipinski definition) is 0. The number of hydrogen-bond acceptors (Lipinski definition) is 12. The van der Waals surface area contributed by atoms with Crippen LogP contribution >= 0.6 is 11.8 Å². The van der Waals surface area contributed by atoms with Crippen molar-refractivity contribution in [3.05, 3.63) is 35.4 Å². The van der Waals surface area contributed by atoms with Gasteiger partial charge >= 0.3 is 11.9 Å². The fraction of sp³-hybridized carbons (Fsp3) is 0.500. The van der Waals surface area contributed by atoms with E-state index in [2.05, 4.69) is 12.1 Å². The van der Waals surface area contributed by atoms with Crippen LogP contribution in [0.1, 0.15) is 51.2 Å². The molecule has 0 heterocycles. The molecule has 11 nitrogen and oxygen atoms in total. The molecule has 0 amide bonds. The predicted octanol–water partition coefficient (Wildman–Crippen LogP) is 5.36. The average Bonchev–Trinajstić information content (AvgIpc) is 3.05. The summed E-state index contributed by atoms with van der Waals surface area (Å²) in [6.07, 6.45) is 1.99. The Bertz CT molecular complexity index is 1350. The molecule has 238 valence electrons. The minimum absolute atomic E-state index is 0.000620. The normalized spacial score (nSPS) is 13.2. The van der Waals surface area contributed by atoms with Crippen LogP contribution in [0.15, 0.2) is 29.2 Å². The maximum atomic E-state index is 13.7. The molecule has 0 bridgehead atoms. The second-order valence-electron chi connectivity index (χ2n) is 9.45. The number of esters is 2. The molecule has 2 aromatic carbocycles. The summed E-state index contributed by atoms with van der Waals surface area (Å²) in [5.74, 6) is -0.214. The summed E-state index contributed by atoms with van der Waals surface area (Å²) < 4.78 is 38.7. The lowest BCUT2D eigenvalue weighted by molar-refractivity contribution is -0.151. The number of nitrogens with zero attached hydrogens (tertiary/aromatic N) is 2. The van der Waals surface area contributed by atoms with Gasteiger partial charge in [-0.1, -0.05) is 6.92 Å². The highest BCUT2D eigenvalue weighted by Crippen LogP contribution is 2.47. The van der Waals surface area contributed by atoms with Crippen molar-refractivity contribution in [1.82, 2.24) is 0 Å². The van der Waals surface area contributed by atoms with Crippen LogP contribution in [0.2, 0.25) is 0 Å². The van der Waals surface area contributed by atoms with Gasteiger partial charge in [0.2, 0.25) is 5.75 Å². The Balaban J connectivity index is 2.87. The van der Waals surface area contributed by atoms with E-state index in [-0.39, 0.29) is 54.4 Å². The SMILES string of the molecule is CCCOc1c(OC)cc(C(C#N)(CCC(C#N)(C(=O)OCC)c2cc(OC)c(OC)c(OC)c2)C(=O)OCC)cc1SC. The number of carbonyl (C=O) groups excluding carboxylic acids is 2. The molecule has 0 aliphatic rings. The summed E-state index contributed by atoms with van der Waals surface area (Å²) in [6, 6.07) is 10.5. The van der Waals surface area contributed by atoms with Crippen molar-refractivity contribution in [3.8, 4) is 40.9 Å². The van der Waals surface area contributed by atoms with Crippen LogP contribution in [-0.2, 0) is 29.9 Å². The van der Waals surface area contributed by atoms with E-state index in [4.69, 9.17) is 33.2 Å². The Kier molecular flexibility index (Phi) is 13.5. The molecule has 0 saturated heterocycles. The standard InChI is InChI=1S/C32H40N2O9S/c1-9-14-43-28-25(39-6)17-22(18-26(28)44-8)32(20-34,30(36)42-11-3)13-12-31(19-33,29(35)41-10-2)21-15-23(37-4)27(40-7)24(16-21)38-5/h15-18H,9-14H2,1-8H3. The Labute approximate surface area is 263 Å². The lowest BCUT2D eigenvalue weighted by atomic mass is 9.70. The van der Waals surface area contributed by atoms with E-state index < -0.39 is 22.8 Å². The molecule has 2 aromatic rings. The molecule has 0 spiro atoms. The van der Waals surface area contributed by atoms with Crippen molar-refractivity contribution >= 4 is 23.7 Å². The second kappa shape index (κ2) is 16.5. The van der Waals surface area contributed by atoms with Gasteiger partial charge in [-0.25, -0.2) is 9.59 Å². The van der Waals surface area contributed by atoms with Crippen molar-refractivity contribution < 1.29 is 42.7 Å².